The van der Waals surface area contributed by atoms with Crippen LogP contribution in [0.3, 0.4) is 0 Å². The number of hydrogen-bond acceptors (Lipinski definition) is 3. The van der Waals surface area contributed by atoms with Crippen molar-refractivity contribution in [3.8, 4) is 0 Å². The Morgan fingerprint density at radius 1 is 1.50 bits per heavy atom. The van der Waals surface area contributed by atoms with E-state index in [2.05, 4.69) is 10.6 Å². The summed E-state index contributed by atoms with van der Waals surface area (Å²) in [6.07, 6.45) is 4.91. The molecule has 88 valence electrons. The van der Waals surface area contributed by atoms with E-state index in [4.69, 9.17) is 16.0 Å². The first kappa shape index (κ1) is 11.5. The van der Waals surface area contributed by atoms with E-state index in [0.29, 0.717) is 12.1 Å². The molecular formula is C11H15ClN2O2. The minimum atomic E-state index is -0.176. The van der Waals surface area contributed by atoms with Crippen molar-refractivity contribution in [2.75, 3.05) is 13.1 Å². The predicted octanol–water partition coefficient (Wildman–Crippen LogP) is 1.80. The number of nitrogens with one attached hydrogen (secondary N) is 2. The Hall–Kier alpha value is -1.00. The molecule has 4 nitrogen and oxygen atoms in total. The number of carbonyl (C=O) groups is 1. The molecule has 0 saturated heterocycles. The molecule has 2 rings (SSSR count). The fourth-order valence-electron chi connectivity index (χ4n) is 1.43. The van der Waals surface area contributed by atoms with Crippen molar-refractivity contribution in [2.24, 2.45) is 0 Å². The van der Waals surface area contributed by atoms with E-state index in [1.165, 1.54) is 19.1 Å². The molecule has 2 N–H and O–H groups in total. The smallest absolute Gasteiger partial charge is 0.256 e. The highest BCUT2D eigenvalue weighted by Gasteiger charge is 2.19. The minimum Gasteiger partial charge on any atom is -0.452 e. The lowest BCUT2D eigenvalue weighted by atomic mass is 10.3. The van der Waals surface area contributed by atoms with Crippen LogP contribution in [0.4, 0.5) is 0 Å². The average molecular weight is 243 g/mol. The van der Waals surface area contributed by atoms with Crippen LogP contribution in [0.1, 0.15) is 29.6 Å². The maximum Gasteiger partial charge on any atom is 0.256 e. The Bertz CT molecular complexity index is 361. The Morgan fingerprint density at radius 2 is 2.31 bits per heavy atom. The molecule has 0 aromatic carbocycles. The van der Waals surface area contributed by atoms with E-state index in [1.54, 1.807) is 6.07 Å². The molecular weight excluding hydrogens is 228 g/mol. The van der Waals surface area contributed by atoms with Gasteiger partial charge < -0.3 is 15.1 Å². The topological polar surface area (TPSA) is 54.3 Å². The van der Waals surface area contributed by atoms with E-state index in [0.717, 1.165) is 19.0 Å². The van der Waals surface area contributed by atoms with Crippen molar-refractivity contribution < 1.29 is 9.21 Å². The number of furan rings is 1. The van der Waals surface area contributed by atoms with Crippen LogP contribution in [0.15, 0.2) is 16.7 Å². The summed E-state index contributed by atoms with van der Waals surface area (Å²) in [7, 11) is 0. The van der Waals surface area contributed by atoms with Gasteiger partial charge in [0, 0.05) is 12.6 Å². The van der Waals surface area contributed by atoms with E-state index >= 15 is 0 Å². The second-order valence-corrected chi connectivity index (χ2v) is 4.29. The van der Waals surface area contributed by atoms with Gasteiger partial charge in [-0.25, -0.2) is 0 Å². The molecule has 1 aromatic heterocycles. The molecule has 1 aliphatic carbocycles. The highest BCUT2D eigenvalue weighted by molar-refractivity contribution is 6.32. The fraction of sp³-hybridized carbons (Fsp3) is 0.545. The molecule has 1 amide bonds. The molecule has 1 fully saturated rings. The molecule has 0 unspecified atom stereocenters. The van der Waals surface area contributed by atoms with Crippen LogP contribution >= 0.6 is 11.6 Å². The normalized spacial score (nSPS) is 15.1. The van der Waals surface area contributed by atoms with Gasteiger partial charge >= 0.3 is 0 Å². The molecule has 0 atom stereocenters. The van der Waals surface area contributed by atoms with Gasteiger partial charge in [0.1, 0.15) is 0 Å². The molecule has 16 heavy (non-hydrogen) atoms. The van der Waals surface area contributed by atoms with Crippen molar-refractivity contribution in [1.82, 2.24) is 10.6 Å². The van der Waals surface area contributed by atoms with Crippen LogP contribution in [0.25, 0.3) is 0 Å². The maximum absolute atomic E-state index is 11.6. The molecule has 0 aliphatic heterocycles. The van der Waals surface area contributed by atoms with Crippen molar-refractivity contribution in [3.63, 3.8) is 0 Å². The SMILES string of the molecule is O=C(NCCCNC1CC1)c1ccoc1Cl. The summed E-state index contributed by atoms with van der Waals surface area (Å²) in [4.78, 5) is 11.6. The van der Waals surface area contributed by atoms with Crippen LogP contribution in [0, 0.1) is 0 Å². The van der Waals surface area contributed by atoms with Crippen LogP contribution in [0.5, 0.6) is 0 Å². The van der Waals surface area contributed by atoms with Gasteiger partial charge in [0.2, 0.25) is 5.22 Å². The third-order valence-electron chi connectivity index (χ3n) is 2.51. The van der Waals surface area contributed by atoms with Crippen molar-refractivity contribution in [1.29, 1.82) is 0 Å². The van der Waals surface area contributed by atoms with E-state index < -0.39 is 0 Å². The molecule has 0 bridgehead atoms. The number of hydrogen-bond donors (Lipinski definition) is 2. The largest absolute Gasteiger partial charge is 0.452 e. The van der Waals surface area contributed by atoms with Gasteiger partial charge in [-0.3, -0.25) is 4.79 Å². The molecule has 0 spiro atoms. The number of halogens is 1. The van der Waals surface area contributed by atoms with E-state index in [-0.39, 0.29) is 11.1 Å². The third-order valence-corrected chi connectivity index (χ3v) is 2.80. The zero-order chi connectivity index (χ0) is 11.4. The highest BCUT2D eigenvalue weighted by Crippen LogP contribution is 2.18. The molecule has 1 heterocycles. The Labute approximate surface area is 99.3 Å². The second-order valence-electron chi connectivity index (χ2n) is 3.95. The van der Waals surface area contributed by atoms with Crippen molar-refractivity contribution >= 4 is 17.5 Å². The van der Waals surface area contributed by atoms with Gasteiger partial charge in [0.15, 0.2) is 0 Å². The second kappa shape index (κ2) is 5.37. The van der Waals surface area contributed by atoms with Crippen LogP contribution in [0.2, 0.25) is 5.22 Å². The molecule has 0 radical (unpaired) electrons. The van der Waals surface area contributed by atoms with Crippen molar-refractivity contribution in [3.05, 3.63) is 23.1 Å². The minimum absolute atomic E-state index is 0.147. The zero-order valence-corrected chi connectivity index (χ0v) is 9.72. The fourth-order valence-corrected chi connectivity index (χ4v) is 1.64. The molecule has 1 aliphatic rings. The third kappa shape index (κ3) is 3.25. The van der Waals surface area contributed by atoms with Crippen LogP contribution in [-0.4, -0.2) is 25.0 Å². The number of carbonyl (C=O) groups excluding carboxylic acids is 1. The summed E-state index contributed by atoms with van der Waals surface area (Å²) in [5.74, 6) is -0.176. The quantitative estimate of drug-likeness (QED) is 0.748. The lowest BCUT2D eigenvalue weighted by Crippen LogP contribution is -2.27. The first-order valence-corrected chi connectivity index (χ1v) is 5.90. The Kier molecular flexibility index (Phi) is 3.85. The summed E-state index contributed by atoms with van der Waals surface area (Å²) in [5, 5.41) is 6.32. The van der Waals surface area contributed by atoms with Crippen LogP contribution < -0.4 is 10.6 Å². The summed E-state index contributed by atoms with van der Waals surface area (Å²) in [6, 6.07) is 2.29. The lowest BCUT2D eigenvalue weighted by Gasteiger charge is -2.04. The van der Waals surface area contributed by atoms with Crippen LogP contribution in [-0.2, 0) is 0 Å². The molecule has 1 saturated carbocycles. The maximum atomic E-state index is 11.6. The summed E-state index contributed by atoms with van der Waals surface area (Å²) < 4.78 is 4.85. The zero-order valence-electron chi connectivity index (χ0n) is 8.96. The van der Waals surface area contributed by atoms with Gasteiger partial charge in [-0.15, -0.1) is 0 Å². The summed E-state index contributed by atoms with van der Waals surface area (Å²) >= 11 is 5.68. The van der Waals surface area contributed by atoms with E-state index in [9.17, 15) is 4.79 Å². The summed E-state index contributed by atoms with van der Waals surface area (Å²) in [6.45, 7) is 1.60. The van der Waals surface area contributed by atoms with Gasteiger partial charge in [-0.2, -0.15) is 0 Å². The standard InChI is InChI=1S/C11H15ClN2O2/c12-10-9(4-7-16-10)11(15)14-6-1-5-13-8-2-3-8/h4,7-8,13H,1-3,5-6H2,(H,14,15). The Morgan fingerprint density at radius 3 is 2.94 bits per heavy atom. The monoisotopic (exact) mass is 242 g/mol. The number of rotatable bonds is 6. The average Bonchev–Trinajstić information content (AvgIpc) is 2.99. The van der Waals surface area contributed by atoms with Gasteiger partial charge in [-0.05, 0) is 43.5 Å². The highest BCUT2D eigenvalue weighted by atomic mass is 35.5. The van der Waals surface area contributed by atoms with Gasteiger partial charge in [0.05, 0.1) is 11.8 Å². The van der Waals surface area contributed by atoms with Crippen molar-refractivity contribution in [2.45, 2.75) is 25.3 Å². The Balaban J connectivity index is 1.61. The van der Waals surface area contributed by atoms with E-state index in [1.807, 2.05) is 0 Å². The first-order chi connectivity index (χ1) is 7.77. The van der Waals surface area contributed by atoms with Gasteiger partial charge in [-0.1, -0.05) is 0 Å². The molecule has 5 heteroatoms. The summed E-state index contributed by atoms with van der Waals surface area (Å²) in [5.41, 5.74) is 0.400. The first-order valence-electron chi connectivity index (χ1n) is 5.52. The van der Waals surface area contributed by atoms with Gasteiger partial charge in [0.25, 0.3) is 5.91 Å². The molecule has 1 aromatic rings. The number of amides is 1. The lowest BCUT2D eigenvalue weighted by molar-refractivity contribution is 0.0953. The predicted molar refractivity (Wildman–Crippen MR) is 61.7 cm³/mol.